The fourth-order valence-corrected chi connectivity index (χ4v) is 2.20. The van der Waals surface area contributed by atoms with Gasteiger partial charge in [0.05, 0.1) is 14.2 Å². The lowest BCUT2D eigenvalue weighted by Crippen LogP contribution is -2.39. The molecule has 0 unspecified atom stereocenters. The van der Waals surface area contributed by atoms with Crippen molar-refractivity contribution in [1.82, 2.24) is 10.2 Å². The van der Waals surface area contributed by atoms with Crippen molar-refractivity contribution in [2.75, 3.05) is 34.9 Å². The summed E-state index contributed by atoms with van der Waals surface area (Å²) < 4.78 is 9.99. The molecule has 128 valence electrons. The minimum atomic E-state index is -0.409. The second-order valence-electron chi connectivity index (χ2n) is 5.20. The first-order chi connectivity index (χ1) is 11.1. The van der Waals surface area contributed by atoms with E-state index in [9.17, 15) is 4.79 Å². The van der Waals surface area contributed by atoms with E-state index < -0.39 is 5.97 Å². The number of methoxy groups -OCH3 is 2. The van der Waals surface area contributed by atoms with E-state index in [1.807, 2.05) is 13.1 Å². The second-order valence-corrected chi connectivity index (χ2v) is 5.20. The lowest BCUT2D eigenvalue weighted by molar-refractivity contribution is 0.0597. The van der Waals surface area contributed by atoms with E-state index in [2.05, 4.69) is 22.1 Å². The van der Waals surface area contributed by atoms with Crippen LogP contribution in [0.3, 0.4) is 0 Å². The fraction of sp³-hybridized carbons (Fsp3) is 0.529. The lowest BCUT2D eigenvalue weighted by Gasteiger charge is -2.22. The summed E-state index contributed by atoms with van der Waals surface area (Å²) in [6, 6.07) is 5.46. The summed E-state index contributed by atoms with van der Waals surface area (Å²) in [5.74, 6) is 0.923. The summed E-state index contributed by atoms with van der Waals surface area (Å²) in [4.78, 5) is 18.2. The van der Waals surface area contributed by atoms with Crippen LogP contribution in [0.5, 0.6) is 5.75 Å². The summed E-state index contributed by atoms with van der Waals surface area (Å²) in [7, 11) is 6.67. The maximum Gasteiger partial charge on any atom is 0.341 e. The number of hydrogen-bond donors (Lipinski definition) is 1. The maximum absolute atomic E-state index is 11.8. The molecule has 0 saturated heterocycles. The number of unbranched alkanes of at least 4 members (excludes halogenated alkanes) is 1. The Kier molecular flexibility index (Phi) is 7.94. The quantitative estimate of drug-likeness (QED) is 0.474. The highest BCUT2D eigenvalue weighted by atomic mass is 16.5. The highest BCUT2D eigenvalue weighted by molar-refractivity contribution is 5.92. The van der Waals surface area contributed by atoms with E-state index in [1.165, 1.54) is 14.2 Å². The van der Waals surface area contributed by atoms with Crippen LogP contribution in [-0.4, -0.2) is 51.7 Å². The minimum absolute atomic E-state index is 0.409. The predicted octanol–water partition coefficient (Wildman–Crippen LogP) is 2.29. The van der Waals surface area contributed by atoms with Crippen LogP contribution >= 0.6 is 0 Å². The monoisotopic (exact) mass is 321 g/mol. The van der Waals surface area contributed by atoms with Crippen LogP contribution < -0.4 is 10.1 Å². The standard InChI is InChI=1S/C17H27N3O3/c1-6-7-10-20(3)17(18-2)19-12-13-8-9-15(22-4)14(11-13)16(21)23-5/h8-9,11H,6-7,10,12H2,1-5H3,(H,18,19). The zero-order chi connectivity index (χ0) is 17.2. The van der Waals surface area contributed by atoms with Gasteiger partial charge in [-0.05, 0) is 24.1 Å². The zero-order valence-corrected chi connectivity index (χ0v) is 14.7. The van der Waals surface area contributed by atoms with Crippen molar-refractivity contribution in [2.24, 2.45) is 4.99 Å². The highest BCUT2D eigenvalue weighted by Gasteiger charge is 2.14. The van der Waals surface area contributed by atoms with Gasteiger partial charge in [-0.25, -0.2) is 4.79 Å². The molecule has 0 atom stereocenters. The van der Waals surface area contributed by atoms with Crippen LogP contribution in [0.1, 0.15) is 35.7 Å². The van der Waals surface area contributed by atoms with E-state index in [4.69, 9.17) is 9.47 Å². The molecule has 0 fully saturated rings. The number of benzene rings is 1. The van der Waals surface area contributed by atoms with Gasteiger partial charge < -0.3 is 19.7 Å². The third kappa shape index (κ3) is 5.47. The molecule has 1 aromatic rings. The average Bonchev–Trinajstić information content (AvgIpc) is 2.59. The van der Waals surface area contributed by atoms with Gasteiger partial charge in [0.25, 0.3) is 0 Å². The molecule has 0 radical (unpaired) electrons. The molecule has 0 aliphatic carbocycles. The Bertz CT molecular complexity index is 544. The predicted molar refractivity (Wildman–Crippen MR) is 92.1 cm³/mol. The molecular weight excluding hydrogens is 294 g/mol. The van der Waals surface area contributed by atoms with E-state index >= 15 is 0 Å². The summed E-state index contributed by atoms with van der Waals surface area (Å²) >= 11 is 0. The van der Waals surface area contributed by atoms with Gasteiger partial charge in [0.2, 0.25) is 0 Å². The molecule has 1 rings (SSSR count). The van der Waals surface area contributed by atoms with Crippen molar-refractivity contribution >= 4 is 11.9 Å². The second kappa shape index (κ2) is 9.71. The van der Waals surface area contributed by atoms with Gasteiger partial charge in [0.1, 0.15) is 11.3 Å². The number of rotatable bonds is 7. The van der Waals surface area contributed by atoms with Crippen molar-refractivity contribution in [3.63, 3.8) is 0 Å². The van der Waals surface area contributed by atoms with Gasteiger partial charge in [-0.1, -0.05) is 19.4 Å². The van der Waals surface area contributed by atoms with Crippen molar-refractivity contribution in [2.45, 2.75) is 26.3 Å². The number of aliphatic imine (C=N–C) groups is 1. The number of nitrogens with one attached hydrogen (secondary N) is 1. The molecule has 6 heteroatoms. The van der Waals surface area contributed by atoms with Gasteiger partial charge >= 0.3 is 5.97 Å². The topological polar surface area (TPSA) is 63.2 Å². The van der Waals surface area contributed by atoms with E-state index in [1.54, 1.807) is 19.2 Å². The van der Waals surface area contributed by atoms with Crippen molar-refractivity contribution in [3.8, 4) is 5.75 Å². The molecule has 0 saturated carbocycles. The van der Waals surface area contributed by atoms with Crippen LogP contribution in [0.2, 0.25) is 0 Å². The average molecular weight is 321 g/mol. The number of carbonyl (C=O) groups is 1. The van der Waals surface area contributed by atoms with Crippen LogP contribution in [0.15, 0.2) is 23.2 Å². The maximum atomic E-state index is 11.8. The molecule has 0 aromatic heterocycles. The number of ether oxygens (including phenoxy) is 2. The first-order valence-electron chi connectivity index (χ1n) is 7.74. The molecule has 23 heavy (non-hydrogen) atoms. The summed E-state index contributed by atoms with van der Waals surface area (Å²) in [5.41, 5.74) is 1.37. The third-order valence-electron chi connectivity index (χ3n) is 3.54. The van der Waals surface area contributed by atoms with Gasteiger partial charge in [0.15, 0.2) is 5.96 Å². The van der Waals surface area contributed by atoms with E-state index in [0.717, 1.165) is 30.9 Å². The molecule has 0 aliphatic rings. The fourth-order valence-electron chi connectivity index (χ4n) is 2.20. The minimum Gasteiger partial charge on any atom is -0.496 e. The Labute approximate surface area is 138 Å². The largest absolute Gasteiger partial charge is 0.496 e. The number of nitrogens with zero attached hydrogens (tertiary/aromatic N) is 2. The molecule has 6 nitrogen and oxygen atoms in total. The summed E-state index contributed by atoms with van der Waals surface area (Å²) in [5, 5.41) is 3.30. The Balaban J connectivity index is 2.79. The Morgan fingerprint density at radius 1 is 1.35 bits per heavy atom. The SMILES string of the molecule is CCCCN(C)C(=NC)NCc1ccc(OC)c(C(=O)OC)c1. The van der Waals surface area contributed by atoms with Gasteiger partial charge in [-0.15, -0.1) is 0 Å². The number of esters is 1. The lowest BCUT2D eigenvalue weighted by atomic mass is 10.1. The zero-order valence-electron chi connectivity index (χ0n) is 14.7. The summed E-state index contributed by atoms with van der Waals surface area (Å²) in [6.45, 7) is 3.68. The Morgan fingerprint density at radius 3 is 2.65 bits per heavy atom. The number of guanidine groups is 1. The van der Waals surface area contributed by atoms with Crippen molar-refractivity contribution in [1.29, 1.82) is 0 Å². The van der Waals surface area contributed by atoms with Crippen molar-refractivity contribution in [3.05, 3.63) is 29.3 Å². The van der Waals surface area contributed by atoms with Crippen LogP contribution in [0.4, 0.5) is 0 Å². The Hall–Kier alpha value is -2.24. The molecular formula is C17H27N3O3. The van der Waals surface area contributed by atoms with E-state index in [0.29, 0.717) is 17.9 Å². The molecule has 0 heterocycles. The Morgan fingerprint density at radius 2 is 2.09 bits per heavy atom. The molecule has 0 spiro atoms. The first kappa shape index (κ1) is 18.8. The van der Waals surface area contributed by atoms with Crippen LogP contribution in [-0.2, 0) is 11.3 Å². The molecule has 0 bridgehead atoms. The smallest absolute Gasteiger partial charge is 0.341 e. The van der Waals surface area contributed by atoms with Crippen LogP contribution in [0.25, 0.3) is 0 Å². The first-order valence-corrected chi connectivity index (χ1v) is 7.74. The van der Waals surface area contributed by atoms with Crippen LogP contribution in [0, 0.1) is 0 Å². The molecule has 0 amide bonds. The van der Waals surface area contributed by atoms with Gasteiger partial charge in [-0.3, -0.25) is 4.99 Å². The highest BCUT2D eigenvalue weighted by Crippen LogP contribution is 2.20. The molecule has 0 aliphatic heterocycles. The summed E-state index contributed by atoms with van der Waals surface area (Å²) in [6.07, 6.45) is 2.26. The number of carbonyl (C=O) groups excluding carboxylic acids is 1. The normalized spacial score (nSPS) is 11.1. The van der Waals surface area contributed by atoms with E-state index in [-0.39, 0.29) is 0 Å². The third-order valence-corrected chi connectivity index (χ3v) is 3.54. The van der Waals surface area contributed by atoms with Crippen molar-refractivity contribution < 1.29 is 14.3 Å². The molecule has 1 aromatic carbocycles. The van der Waals surface area contributed by atoms with Gasteiger partial charge in [0, 0.05) is 27.2 Å². The number of hydrogen-bond acceptors (Lipinski definition) is 4. The van der Waals surface area contributed by atoms with Gasteiger partial charge in [-0.2, -0.15) is 0 Å². The molecule has 1 N–H and O–H groups in total.